The second-order valence-electron chi connectivity index (χ2n) is 16.4. The molecule has 0 radical (unpaired) electrons. The Balaban J connectivity index is 0.975. The average molecular weight is 753 g/mol. The molecule has 0 N–H and O–H groups in total. The van der Waals surface area contributed by atoms with E-state index < -0.39 is 0 Å². The van der Waals surface area contributed by atoms with Crippen molar-refractivity contribution in [1.82, 2.24) is 9.47 Å². The van der Waals surface area contributed by atoms with Gasteiger partial charge in [-0.3, -0.25) is 0 Å². The van der Waals surface area contributed by atoms with Crippen molar-refractivity contribution in [3.63, 3.8) is 0 Å². The molecule has 1 aliphatic heterocycles. The first-order valence-electron chi connectivity index (χ1n) is 21.1. The summed E-state index contributed by atoms with van der Waals surface area (Å²) < 4.78 is 15.8. The molecule has 5 aliphatic carbocycles. The zero-order valence-corrected chi connectivity index (χ0v) is 32.5. The summed E-state index contributed by atoms with van der Waals surface area (Å²) in [6, 6.07) is 30.7. The van der Waals surface area contributed by atoms with Gasteiger partial charge in [0.25, 0.3) is 0 Å². The first-order valence-corrected chi connectivity index (χ1v) is 21.1. The monoisotopic (exact) mass is 752 g/mol. The zero-order chi connectivity index (χ0) is 38.2. The van der Waals surface area contributed by atoms with Gasteiger partial charge >= 0.3 is 0 Å². The maximum Gasteiger partial charge on any atom is 0.142 e. The van der Waals surface area contributed by atoms with Gasteiger partial charge in [0.15, 0.2) is 0 Å². The van der Waals surface area contributed by atoms with Crippen LogP contribution in [0.1, 0.15) is 66.8 Å². The third kappa shape index (κ3) is 5.35. The van der Waals surface area contributed by atoms with E-state index >= 15 is 0 Å². The lowest BCUT2D eigenvalue weighted by atomic mass is 9.88. The maximum atomic E-state index is 6.81. The van der Waals surface area contributed by atoms with Crippen LogP contribution in [-0.4, -0.2) is 21.6 Å². The fraction of sp³-hybridized carbons (Fsp3) is 0.185. The average Bonchev–Trinajstić information content (AvgIpc) is 3.97. The minimum absolute atomic E-state index is 0.0446. The molecule has 6 aromatic rings. The molecule has 4 aromatic carbocycles. The molecule has 0 bridgehead atoms. The highest BCUT2D eigenvalue weighted by Crippen LogP contribution is 2.50. The second-order valence-corrected chi connectivity index (χ2v) is 16.4. The molecular weight excluding hydrogens is 709 g/mol. The molecule has 0 saturated carbocycles. The Kier molecular flexibility index (Phi) is 7.85. The van der Waals surface area contributed by atoms with E-state index in [-0.39, 0.29) is 18.1 Å². The van der Waals surface area contributed by atoms with Crippen molar-refractivity contribution in [2.45, 2.75) is 63.0 Å². The number of ether oxygens (including phenoxy) is 1. The van der Waals surface area contributed by atoms with Crippen LogP contribution < -0.4 is 4.74 Å². The summed E-state index contributed by atoms with van der Waals surface area (Å²) in [7, 11) is 0. The SMILES string of the molecule is C1=CC2Oc3c(ccc4c3c3c(n4-c4ccccc4)CC(N(C4=CC=C(C5=CCCC=C5)CC4)C4=CC=C(c5cccc6c5oc5ccccc56)CC4)C=C3)C2C=C1. The lowest BCUT2D eigenvalue weighted by Gasteiger charge is -2.39. The number of allylic oxidation sites excluding steroid dienone is 14. The summed E-state index contributed by atoms with van der Waals surface area (Å²) >= 11 is 0. The minimum atomic E-state index is 0.0446. The number of aromatic nitrogens is 1. The molecule has 0 spiro atoms. The topological polar surface area (TPSA) is 30.5 Å². The van der Waals surface area contributed by atoms with Gasteiger partial charge in [0.1, 0.15) is 23.0 Å². The van der Waals surface area contributed by atoms with Crippen molar-refractivity contribution in [1.29, 1.82) is 0 Å². The van der Waals surface area contributed by atoms with E-state index in [9.17, 15) is 0 Å². The largest absolute Gasteiger partial charge is 0.484 e. The van der Waals surface area contributed by atoms with Crippen LogP contribution in [0.25, 0.3) is 50.2 Å². The zero-order valence-electron chi connectivity index (χ0n) is 32.5. The first-order chi connectivity index (χ1) is 28.8. The van der Waals surface area contributed by atoms with Crippen LogP contribution in [0.15, 0.2) is 185 Å². The molecule has 0 fully saturated rings. The molecule has 2 aromatic heterocycles. The summed E-state index contributed by atoms with van der Waals surface area (Å²) in [5.74, 6) is 1.29. The van der Waals surface area contributed by atoms with E-state index in [1.807, 2.05) is 0 Å². The Morgan fingerprint density at radius 1 is 0.672 bits per heavy atom. The van der Waals surface area contributed by atoms with Crippen LogP contribution in [-0.2, 0) is 6.42 Å². The molecule has 3 atom stereocenters. The molecule has 3 heterocycles. The van der Waals surface area contributed by atoms with Gasteiger partial charge in [0.05, 0.1) is 11.6 Å². The molecule has 282 valence electrons. The third-order valence-electron chi connectivity index (χ3n) is 13.2. The molecule has 4 heteroatoms. The number of fused-ring (bicyclic) bond motifs is 10. The normalized spacial score (nSPS) is 21.9. The maximum absolute atomic E-state index is 6.81. The van der Waals surface area contributed by atoms with Crippen molar-refractivity contribution < 1.29 is 9.15 Å². The van der Waals surface area contributed by atoms with E-state index in [0.29, 0.717) is 0 Å². The Hall–Kier alpha value is -6.52. The van der Waals surface area contributed by atoms with Crippen LogP contribution in [0.4, 0.5) is 0 Å². The van der Waals surface area contributed by atoms with Crippen molar-refractivity contribution in [3.8, 4) is 11.4 Å². The highest BCUT2D eigenvalue weighted by molar-refractivity contribution is 6.08. The van der Waals surface area contributed by atoms with E-state index in [4.69, 9.17) is 9.15 Å². The highest BCUT2D eigenvalue weighted by atomic mass is 16.5. The van der Waals surface area contributed by atoms with Gasteiger partial charge in [-0.2, -0.15) is 0 Å². The van der Waals surface area contributed by atoms with Crippen molar-refractivity contribution in [3.05, 3.63) is 203 Å². The fourth-order valence-corrected chi connectivity index (χ4v) is 10.4. The number of rotatable bonds is 6. The van der Waals surface area contributed by atoms with Crippen molar-refractivity contribution in [2.24, 2.45) is 0 Å². The van der Waals surface area contributed by atoms with Gasteiger partial charge in [-0.05, 0) is 97.7 Å². The van der Waals surface area contributed by atoms with Crippen LogP contribution in [0.5, 0.6) is 5.75 Å². The van der Waals surface area contributed by atoms with Gasteiger partial charge < -0.3 is 18.6 Å². The number of hydrogen-bond donors (Lipinski definition) is 0. The Labute approximate surface area is 339 Å². The summed E-state index contributed by atoms with van der Waals surface area (Å²) in [5, 5.41) is 3.59. The van der Waals surface area contributed by atoms with Crippen LogP contribution >= 0.6 is 0 Å². The van der Waals surface area contributed by atoms with Gasteiger partial charge in [-0.15, -0.1) is 0 Å². The van der Waals surface area contributed by atoms with Gasteiger partial charge in [-0.25, -0.2) is 0 Å². The van der Waals surface area contributed by atoms with Gasteiger partial charge in [-0.1, -0.05) is 121 Å². The lowest BCUT2D eigenvalue weighted by Crippen LogP contribution is -2.37. The molecule has 0 amide bonds. The molecule has 12 rings (SSSR count). The van der Waals surface area contributed by atoms with Crippen molar-refractivity contribution in [2.75, 3.05) is 0 Å². The summed E-state index contributed by atoms with van der Waals surface area (Å²) in [4.78, 5) is 2.69. The van der Waals surface area contributed by atoms with Crippen LogP contribution in [0, 0.1) is 0 Å². The van der Waals surface area contributed by atoms with Gasteiger partial charge in [0, 0.05) is 68.0 Å². The predicted octanol–water partition coefficient (Wildman–Crippen LogP) is 13.4. The van der Waals surface area contributed by atoms with E-state index in [1.54, 1.807) is 0 Å². The summed E-state index contributed by atoms with van der Waals surface area (Å²) in [6.45, 7) is 0. The molecule has 4 nitrogen and oxygen atoms in total. The van der Waals surface area contributed by atoms with E-state index in [1.165, 1.54) is 77.9 Å². The second kappa shape index (κ2) is 13.6. The van der Waals surface area contributed by atoms with E-state index in [0.717, 1.165) is 61.9 Å². The fourth-order valence-electron chi connectivity index (χ4n) is 10.4. The standard InChI is InChI=1S/C54H44N2O2/c1-3-12-35(13-4-1)36-22-26-39(27-23-36)55(40-28-24-37(25-29-40)42-18-11-19-45-43-16-7-9-20-50(43)57-53(42)45)41-30-31-47-49(34-41)56(38-14-5-2-6-15-38)48-33-32-46-44-17-8-10-21-51(44)58-54(46)52(47)48/h2-3,5-22,24,26,28,30-33,41,44,51H,1,4,23,25,27,29,34H2. The molecule has 58 heavy (non-hydrogen) atoms. The lowest BCUT2D eigenvalue weighted by molar-refractivity contribution is 0.271. The Morgan fingerprint density at radius 3 is 2.31 bits per heavy atom. The third-order valence-corrected chi connectivity index (χ3v) is 13.2. The quantitative estimate of drug-likeness (QED) is 0.170. The van der Waals surface area contributed by atoms with E-state index in [2.05, 4.69) is 173 Å². The van der Waals surface area contributed by atoms with Crippen LogP contribution in [0.2, 0.25) is 0 Å². The summed E-state index contributed by atoms with van der Waals surface area (Å²) in [6.07, 6.45) is 37.4. The highest BCUT2D eigenvalue weighted by Gasteiger charge is 2.37. The number of hydrogen-bond acceptors (Lipinski definition) is 3. The number of furan rings is 1. The van der Waals surface area contributed by atoms with Gasteiger partial charge in [0.2, 0.25) is 0 Å². The smallest absolute Gasteiger partial charge is 0.142 e. The number of para-hydroxylation sites is 3. The predicted molar refractivity (Wildman–Crippen MR) is 238 cm³/mol. The Morgan fingerprint density at radius 2 is 1.48 bits per heavy atom. The van der Waals surface area contributed by atoms with Crippen LogP contribution in [0.3, 0.4) is 0 Å². The molecule has 0 saturated heterocycles. The number of benzene rings is 4. The summed E-state index contributed by atoms with van der Waals surface area (Å²) in [5.41, 5.74) is 16.4. The number of nitrogens with zero attached hydrogens (tertiary/aromatic N) is 2. The molecule has 6 aliphatic rings. The first kappa shape index (κ1) is 33.6. The molecular formula is C54H44N2O2. The van der Waals surface area contributed by atoms with Crippen molar-refractivity contribution >= 4 is 44.5 Å². The molecule has 3 unspecified atom stereocenters. The Bertz CT molecular complexity index is 2970. The minimum Gasteiger partial charge on any atom is -0.484 e.